The summed E-state index contributed by atoms with van der Waals surface area (Å²) >= 11 is 0. The van der Waals surface area contributed by atoms with Crippen molar-refractivity contribution in [3.63, 3.8) is 0 Å². The normalized spacial score (nSPS) is 19.6. The van der Waals surface area contributed by atoms with E-state index in [1.807, 2.05) is 6.07 Å². The molecule has 0 bridgehead atoms. The predicted molar refractivity (Wildman–Crippen MR) is 88.9 cm³/mol. The van der Waals surface area contributed by atoms with Crippen molar-refractivity contribution in [1.82, 2.24) is 4.90 Å². The maximum atomic E-state index is 12.9. The number of amides is 1. The van der Waals surface area contributed by atoms with Gasteiger partial charge < -0.3 is 4.90 Å². The molecule has 0 unspecified atom stereocenters. The largest absolute Gasteiger partial charge is 0.333 e. The maximum Gasteiger partial charge on any atom is 0.250 e. The average molecular weight is 285 g/mol. The molecule has 2 rings (SSSR count). The van der Waals surface area contributed by atoms with E-state index in [1.165, 1.54) is 11.1 Å². The van der Waals surface area contributed by atoms with Crippen LogP contribution in [0.4, 0.5) is 0 Å². The first-order chi connectivity index (χ1) is 10.1. The van der Waals surface area contributed by atoms with Crippen LogP contribution >= 0.6 is 0 Å². The number of unbranched alkanes of at least 4 members (excludes halogenated alkanes) is 1. The van der Waals surface area contributed by atoms with Crippen molar-refractivity contribution < 1.29 is 4.79 Å². The Labute approximate surface area is 128 Å². The van der Waals surface area contributed by atoms with Crippen LogP contribution < -0.4 is 0 Å². The Morgan fingerprint density at radius 3 is 2.48 bits per heavy atom. The van der Waals surface area contributed by atoms with E-state index in [0.717, 1.165) is 31.3 Å². The topological polar surface area (TPSA) is 20.3 Å². The van der Waals surface area contributed by atoms with Gasteiger partial charge in [0.15, 0.2) is 0 Å². The number of benzene rings is 1. The van der Waals surface area contributed by atoms with E-state index in [1.54, 1.807) is 0 Å². The van der Waals surface area contributed by atoms with Crippen molar-refractivity contribution in [2.45, 2.75) is 65.5 Å². The summed E-state index contributed by atoms with van der Waals surface area (Å²) in [6, 6.07) is 11.0. The summed E-state index contributed by atoms with van der Waals surface area (Å²) in [6.07, 6.45) is 4.07. The summed E-state index contributed by atoms with van der Waals surface area (Å²) in [5.41, 5.74) is 3.51. The van der Waals surface area contributed by atoms with Gasteiger partial charge in [0.1, 0.15) is 0 Å². The van der Waals surface area contributed by atoms with Gasteiger partial charge in [0.25, 0.3) is 5.91 Å². The molecule has 2 nitrogen and oxygen atoms in total. The second-order valence-electron chi connectivity index (χ2n) is 6.29. The Morgan fingerprint density at radius 1 is 1.24 bits per heavy atom. The molecule has 1 heterocycles. The third-order valence-electron chi connectivity index (χ3n) is 4.29. The van der Waals surface area contributed by atoms with Gasteiger partial charge in [-0.05, 0) is 51.2 Å². The zero-order valence-electron chi connectivity index (χ0n) is 13.7. The van der Waals surface area contributed by atoms with Crippen molar-refractivity contribution in [2.75, 3.05) is 0 Å². The molecule has 1 atom stereocenters. The van der Waals surface area contributed by atoms with Crippen LogP contribution in [0.5, 0.6) is 0 Å². The van der Waals surface area contributed by atoms with E-state index in [-0.39, 0.29) is 18.0 Å². The number of carbonyl (C=O) groups excluding carboxylic acids is 1. The molecule has 1 aromatic rings. The molecular weight excluding hydrogens is 258 g/mol. The average Bonchev–Trinajstić information content (AvgIpc) is 2.46. The SMILES string of the molecule is CCCCC1=C(c2ccccc2)C[C@@H](C)N(C(C)C)C1=O. The third-order valence-corrected chi connectivity index (χ3v) is 4.29. The summed E-state index contributed by atoms with van der Waals surface area (Å²) in [5.74, 6) is 0.246. The molecule has 0 fully saturated rings. The lowest BCUT2D eigenvalue weighted by atomic mass is 9.86. The Balaban J connectivity index is 2.44. The van der Waals surface area contributed by atoms with Crippen molar-refractivity contribution in [3.05, 3.63) is 41.5 Å². The molecule has 21 heavy (non-hydrogen) atoms. The minimum atomic E-state index is 0.246. The standard InChI is InChI=1S/C19H27NO/c1-5-6-12-17-18(16-10-8-7-9-11-16)13-15(4)20(14(2)3)19(17)21/h7-11,14-15H,5-6,12-13H2,1-4H3/t15-/m1/s1. The predicted octanol–water partition coefficient (Wildman–Crippen LogP) is 4.66. The van der Waals surface area contributed by atoms with Gasteiger partial charge in [0, 0.05) is 17.7 Å². The number of hydrogen-bond acceptors (Lipinski definition) is 1. The molecule has 0 N–H and O–H groups in total. The second kappa shape index (κ2) is 6.93. The van der Waals surface area contributed by atoms with Gasteiger partial charge in [0.05, 0.1) is 0 Å². The molecule has 1 aliphatic heterocycles. The van der Waals surface area contributed by atoms with E-state index >= 15 is 0 Å². The summed E-state index contributed by atoms with van der Waals surface area (Å²) in [5, 5.41) is 0. The second-order valence-corrected chi connectivity index (χ2v) is 6.29. The van der Waals surface area contributed by atoms with Crippen LogP contribution in [0.25, 0.3) is 5.57 Å². The smallest absolute Gasteiger partial charge is 0.250 e. The number of carbonyl (C=O) groups is 1. The van der Waals surface area contributed by atoms with Crippen LogP contribution in [0.1, 0.15) is 58.9 Å². The minimum absolute atomic E-state index is 0.246. The minimum Gasteiger partial charge on any atom is -0.333 e. The molecule has 0 saturated carbocycles. The first kappa shape index (κ1) is 15.8. The molecule has 114 valence electrons. The zero-order valence-corrected chi connectivity index (χ0v) is 13.7. The Kier molecular flexibility index (Phi) is 5.22. The van der Waals surface area contributed by atoms with Crippen LogP contribution in [-0.2, 0) is 4.79 Å². The lowest BCUT2D eigenvalue weighted by Crippen LogP contribution is -2.47. The highest BCUT2D eigenvalue weighted by atomic mass is 16.2. The number of rotatable bonds is 5. The van der Waals surface area contributed by atoms with E-state index in [2.05, 4.69) is 56.9 Å². The summed E-state index contributed by atoms with van der Waals surface area (Å²) in [6.45, 7) is 8.56. The number of hydrogen-bond donors (Lipinski definition) is 0. The lowest BCUT2D eigenvalue weighted by Gasteiger charge is -2.39. The molecule has 1 amide bonds. The molecule has 0 saturated heterocycles. The fourth-order valence-corrected chi connectivity index (χ4v) is 3.29. The Hall–Kier alpha value is -1.57. The fraction of sp³-hybridized carbons (Fsp3) is 0.526. The van der Waals surface area contributed by atoms with Crippen LogP contribution in [0.3, 0.4) is 0 Å². The summed E-state index contributed by atoms with van der Waals surface area (Å²) in [4.78, 5) is 15.0. The van der Waals surface area contributed by atoms with Crippen molar-refractivity contribution in [2.24, 2.45) is 0 Å². The molecular formula is C19H27NO. The van der Waals surface area contributed by atoms with Crippen molar-refractivity contribution >= 4 is 11.5 Å². The van der Waals surface area contributed by atoms with Gasteiger partial charge in [-0.2, -0.15) is 0 Å². The maximum absolute atomic E-state index is 12.9. The van der Waals surface area contributed by atoms with Gasteiger partial charge in [0.2, 0.25) is 0 Å². The quantitative estimate of drug-likeness (QED) is 0.770. The van der Waals surface area contributed by atoms with Gasteiger partial charge in [-0.15, -0.1) is 0 Å². The molecule has 0 radical (unpaired) electrons. The number of nitrogens with zero attached hydrogens (tertiary/aromatic N) is 1. The molecule has 1 aromatic carbocycles. The highest BCUT2D eigenvalue weighted by Crippen LogP contribution is 2.35. The monoisotopic (exact) mass is 285 g/mol. The lowest BCUT2D eigenvalue weighted by molar-refractivity contribution is -0.131. The van der Waals surface area contributed by atoms with E-state index in [4.69, 9.17) is 0 Å². The van der Waals surface area contributed by atoms with Gasteiger partial charge >= 0.3 is 0 Å². The summed E-state index contributed by atoms with van der Waals surface area (Å²) < 4.78 is 0. The van der Waals surface area contributed by atoms with Crippen LogP contribution in [-0.4, -0.2) is 22.9 Å². The molecule has 1 aliphatic rings. The molecule has 0 aliphatic carbocycles. The van der Waals surface area contributed by atoms with Gasteiger partial charge in [-0.1, -0.05) is 43.7 Å². The van der Waals surface area contributed by atoms with Gasteiger partial charge in [-0.25, -0.2) is 0 Å². The fourth-order valence-electron chi connectivity index (χ4n) is 3.29. The first-order valence-electron chi connectivity index (χ1n) is 8.16. The highest BCUT2D eigenvalue weighted by molar-refractivity contribution is 6.03. The van der Waals surface area contributed by atoms with Gasteiger partial charge in [-0.3, -0.25) is 4.79 Å². The van der Waals surface area contributed by atoms with Crippen molar-refractivity contribution in [3.8, 4) is 0 Å². The first-order valence-corrected chi connectivity index (χ1v) is 8.16. The molecule has 2 heteroatoms. The Bertz CT molecular complexity index is 516. The molecule has 0 aromatic heterocycles. The van der Waals surface area contributed by atoms with E-state index < -0.39 is 0 Å². The van der Waals surface area contributed by atoms with E-state index in [0.29, 0.717) is 0 Å². The molecule has 0 spiro atoms. The van der Waals surface area contributed by atoms with Crippen LogP contribution in [0.2, 0.25) is 0 Å². The van der Waals surface area contributed by atoms with E-state index in [9.17, 15) is 4.79 Å². The summed E-state index contributed by atoms with van der Waals surface area (Å²) in [7, 11) is 0. The van der Waals surface area contributed by atoms with Crippen molar-refractivity contribution in [1.29, 1.82) is 0 Å². The van der Waals surface area contributed by atoms with Crippen LogP contribution in [0, 0.1) is 0 Å². The third kappa shape index (κ3) is 3.37. The zero-order chi connectivity index (χ0) is 15.4. The highest BCUT2D eigenvalue weighted by Gasteiger charge is 2.33. The van der Waals surface area contributed by atoms with Crippen LogP contribution in [0.15, 0.2) is 35.9 Å². The Morgan fingerprint density at radius 2 is 1.90 bits per heavy atom.